The summed E-state index contributed by atoms with van der Waals surface area (Å²) in [4.78, 5) is 4.15. The van der Waals surface area contributed by atoms with Crippen molar-refractivity contribution in [2.45, 2.75) is 6.92 Å². The van der Waals surface area contributed by atoms with Gasteiger partial charge in [-0.15, -0.1) is 0 Å². The molecule has 1 aromatic carbocycles. The Bertz CT molecular complexity index is 492. The number of aryl methyl sites for hydroxylation is 1. The van der Waals surface area contributed by atoms with E-state index in [1.807, 2.05) is 37.3 Å². The molecule has 16 heavy (non-hydrogen) atoms. The van der Waals surface area contributed by atoms with Gasteiger partial charge in [0.05, 0.1) is 10.7 Å². The van der Waals surface area contributed by atoms with Crippen LogP contribution >= 0.6 is 23.2 Å². The van der Waals surface area contributed by atoms with Crippen LogP contribution in [0, 0.1) is 6.92 Å². The van der Waals surface area contributed by atoms with Crippen molar-refractivity contribution in [3.63, 3.8) is 0 Å². The highest BCUT2D eigenvalue weighted by atomic mass is 35.5. The smallest absolute Gasteiger partial charge is 0.132 e. The van der Waals surface area contributed by atoms with Gasteiger partial charge in [-0.2, -0.15) is 0 Å². The summed E-state index contributed by atoms with van der Waals surface area (Å²) < 4.78 is 0. The highest BCUT2D eigenvalue weighted by Gasteiger charge is 2.04. The number of hydrogen-bond donors (Lipinski definition) is 1. The summed E-state index contributed by atoms with van der Waals surface area (Å²) in [6, 6.07) is 11.1. The molecule has 0 radical (unpaired) electrons. The zero-order valence-corrected chi connectivity index (χ0v) is 10.2. The van der Waals surface area contributed by atoms with Crippen LogP contribution < -0.4 is 5.32 Å². The Morgan fingerprint density at radius 3 is 2.50 bits per heavy atom. The van der Waals surface area contributed by atoms with Gasteiger partial charge in [-0.3, -0.25) is 0 Å². The summed E-state index contributed by atoms with van der Waals surface area (Å²) in [5.74, 6) is 0.684. The number of benzene rings is 1. The molecule has 2 aromatic rings. The average molecular weight is 253 g/mol. The third-order valence-electron chi connectivity index (χ3n) is 2.19. The Kier molecular flexibility index (Phi) is 3.32. The van der Waals surface area contributed by atoms with Crippen molar-refractivity contribution in [3.8, 4) is 0 Å². The summed E-state index contributed by atoms with van der Waals surface area (Å²) in [7, 11) is 0. The van der Waals surface area contributed by atoms with E-state index in [2.05, 4.69) is 10.3 Å². The van der Waals surface area contributed by atoms with Crippen LogP contribution in [0.25, 0.3) is 0 Å². The second-order valence-electron chi connectivity index (χ2n) is 3.40. The van der Waals surface area contributed by atoms with Gasteiger partial charge in [0, 0.05) is 0 Å². The zero-order chi connectivity index (χ0) is 11.5. The van der Waals surface area contributed by atoms with Gasteiger partial charge in [0.25, 0.3) is 0 Å². The van der Waals surface area contributed by atoms with E-state index in [0.717, 1.165) is 11.3 Å². The van der Waals surface area contributed by atoms with Gasteiger partial charge < -0.3 is 5.32 Å². The lowest BCUT2D eigenvalue weighted by atomic mass is 10.2. The van der Waals surface area contributed by atoms with Crippen LogP contribution in [0.5, 0.6) is 0 Å². The molecule has 0 atom stereocenters. The largest absolute Gasteiger partial charge is 0.339 e. The first-order valence-electron chi connectivity index (χ1n) is 4.81. The maximum atomic E-state index is 6.10. The molecule has 0 fully saturated rings. The molecule has 0 bridgehead atoms. The molecule has 0 aliphatic rings. The number of anilines is 2. The van der Waals surface area contributed by atoms with Crippen LogP contribution in [0.3, 0.4) is 0 Å². The Labute approximate surface area is 104 Å². The van der Waals surface area contributed by atoms with Crippen LogP contribution in [-0.4, -0.2) is 4.98 Å². The van der Waals surface area contributed by atoms with Gasteiger partial charge >= 0.3 is 0 Å². The molecule has 0 saturated carbocycles. The molecule has 2 nitrogen and oxygen atoms in total. The second kappa shape index (κ2) is 4.73. The quantitative estimate of drug-likeness (QED) is 0.800. The number of halogens is 2. The highest BCUT2D eigenvalue weighted by molar-refractivity contribution is 6.33. The fourth-order valence-electron chi connectivity index (χ4n) is 1.40. The van der Waals surface area contributed by atoms with Gasteiger partial charge in [0.2, 0.25) is 0 Å². The van der Waals surface area contributed by atoms with Crippen molar-refractivity contribution >= 4 is 34.7 Å². The lowest BCUT2D eigenvalue weighted by molar-refractivity contribution is 1.30. The Morgan fingerprint density at radius 1 is 1.06 bits per heavy atom. The SMILES string of the molecule is Cc1cccc(Cl)c1Nc1cccc(Cl)n1. The van der Waals surface area contributed by atoms with Gasteiger partial charge in [-0.1, -0.05) is 41.4 Å². The summed E-state index contributed by atoms with van der Waals surface area (Å²) >= 11 is 11.9. The van der Waals surface area contributed by atoms with Crippen molar-refractivity contribution in [3.05, 3.63) is 52.1 Å². The molecule has 0 aliphatic carbocycles. The molecule has 0 unspecified atom stereocenters. The van der Waals surface area contributed by atoms with Crippen molar-refractivity contribution in [2.75, 3.05) is 5.32 Å². The number of para-hydroxylation sites is 1. The van der Waals surface area contributed by atoms with E-state index in [9.17, 15) is 0 Å². The number of pyridine rings is 1. The predicted molar refractivity (Wildman–Crippen MR) is 68.7 cm³/mol. The summed E-state index contributed by atoms with van der Waals surface area (Å²) in [5.41, 5.74) is 1.92. The molecule has 1 N–H and O–H groups in total. The van der Waals surface area contributed by atoms with Crippen LogP contribution in [0.15, 0.2) is 36.4 Å². The number of nitrogens with zero attached hydrogens (tertiary/aromatic N) is 1. The maximum Gasteiger partial charge on any atom is 0.132 e. The van der Waals surface area contributed by atoms with Crippen molar-refractivity contribution in [1.82, 2.24) is 4.98 Å². The standard InChI is InChI=1S/C12H10Cl2N2/c1-8-4-2-5-9(13)12(8)16-11-7-3-6-10(14)15-11/h2-7H,1H3,(H,15,16). The molecule has 0 aliphatic heterocycles. The van der Waals surface area contributed by atoms with E-state index in [-0.39, 0.29) is 0 Å². The summed E-state index contributed by atoms with van der Waals surface area (Å²) in [6.07, 6.45) is 0. The van der Waals surface area contributed by atoms with Crippen molar-refractivity contribution < 1.29 is 0 Å². The van der Waals surface area contributed by atoms with E-state index in [0.29, 0.717) is 16.0 Å². The average Bonchev–Trinajstić information content (AvgIpc) is 2.24. The molecule has 4 heteroatoms. The lowest BCUT2D eigenvalue weighted by Gasteiger charge is -2.10. The summed E-state index contributed by atoms with van der Waals surface area (Å²) in [6.45, 7) is 1.98. The first-order valence-corrected chi connectivity index (χ1v) is 5.57. The van der Waals surface area contributed by atoms with E-state index in [1.54, 1.807) is 6.07 Å². The minimum Gasteiger partial charge on any atom is -0.339 e. The van der Waals surface area contributed by atoms with E-state index in [4.69, 9.17) is 23.2 Å². The molecular formula is C12H10Cl2N2. The van der Waals surface area contributed by atoms with Crippen LogP contribution in [-0.2, 0) is 0 Å². The van der Waals surface area contributed by atoms with Gasteiger partial charge in [-0.25, -0.2) is 4.98 Å². The monoisotopic (exact) mass is 252 g/mol. The lowest BCUT2D eigenvalue weighted by Crippen LogP contribution is -1.96. The Balaban J connectivity index is 2.34. The van der Waals surface area contributed by atoms with E-state index in [1.165, 1.54) is 0 Å². The zero-order valence-electron chi connectivity index (χ0n) is 8.67. The number of aromatic nitrogens is 1. The van der Waals surface area contributed by atoms with Crippen LogP contribution in [0.4, 0.5) is 11.5 Å². The molecule has 0 spiro atoms. The van der Waals surface area contributed by atoms with Gasteiger partial charge in [-0.05, 0) is 30.7 Å². The second-order valence-corrected chi connectivity index (χ2v) is 4.20. The molecule has 82 valence electrons. The van der Waals surface area contributed by atoms with Gasteiger partial charge in [0.1, 0.15) is 11.0 Å². The van der Waals surface area contributed by atoms with E-state index >= 15 is 0 Å². The number of nitrogens with one attached hydrogen (secondary N) is 1. The summed E-state index contributed by atoms with van der Waals surface area (Å²) in [5, 5.41) is 4.28. The number of rotatable bonds is 2. The first-order chi connectivity index (χ1) is 7.66. The maximum absolute atomic E-state index is 6.10. The Hall–Kier alpha value is -1.25. The fourth-order valence-corrected chi connectivity index (χ4v) is 1.83. The molecule has 0 amide bonds. The minimum atomic E-state index is 0.453. The molecule has 0 saturated heterocycles. The number of hydrogen-bond acceptors (Lipinski definition) is 2. The van der Waals surface area contributed by atoms with Gasteiger partial charge in [0.15, 0.2) is 0 Å². The van der Waals surface area contributed by atoms with Crippen molar-refractivity contribution in [2.24, 2.45) is 0 Å². The predicted octanol–water partition coefficient (Wildman–Crippen LogP) is 4.44. The first kappa shape index (κ1) is 11.2. The highest BCUT2D eigenvalue weighted by Crippen LogP contribution is 2.28. The van der Waals surface area contributed by atoms with Crippen molar-refractivity contribution in [1.29, 1.82) is 0 Å². The molecule has 1 aromatic heterocycles. The molecule has 2 rings (SSSR count). The van der Waals surface area contributed by atoms with Crippen LogP contribution in [0.1, 0.15) is 5.56 Å². The normalized spacial score (nSPS) is 10.2. The molecular weight excluding hydrogens is 243 g/mol. The third-order valence-corrected chi connectivity index (χ3v) is 2.72. The minimum absolute atomic E-state index is 0.453. The fraction of sp³-hybridized carbons (Fsp3) is 0.0833. The van der Waals surface area contributed by atoms with Crippen LogP contribution in [0.2, 0.25) is 10.2 Å². The van der Waals surface area contributed by atoms with E-state index < -0.39 is 0 Å². The Morgan fingerprint density at radius 2 is 1.81 bits per heavy atom. The third kappa shape index (κ3) is 2.46. The molecule has 1 heterocycles. The topological polar surface area (TPSA) is 24.9 Å².